The molecule has 0 nitrogen and oxygen atoms in total. The van der Waals surface area contributed by atoms with E-state index in [0.717, 1.165) is 11.8 Å². The van der Waals surface area contributed by atoms with Crippen LogP contribution in [-0.4, -0.2) is 0 Å². The maximum atomic E-state index is 2.44. The predicted octanol–water partition coefficient (Wildman–Crippen LogP) is 5.77. The van der Waals surface area contributed by atoms with E-state index in [1.807, 2.05) is 0 Å². The van der Waals surface area contributed by atoms with E-state index >= 15 is 0 Å². The van der Waals surface area contributed by atoms with Gasteiger partial charge in [0.05, 0.1) is 0 Å². The Morgan fingerprint density at radius 1 is 1.00 bits per heavy atom. The first kappa shape index (κ1) is 12.9. The highest BCUT2D eigenvalue weighted by atomic mass is 14.3. The van der Waals surface area contributed by atoms with Gasteiger partial charge in [-0.3, -0.25) is 0 Å². The van der Waals surface area contributed by atoms with Crippen LogP contribution in [0.2, 0.25) is 0 Å². The fourth-order valence-electron chi connectivity index (χ4n) is 3.91. The van der Waals surface area contributed by atoms with Crippen LogP contribution >= 0.6 is 0 Å². The van der Waals surface area contributed by atoms with Gasteiger partial charge in [-0.2, -0.15) is 0 Å². The molecule has 0 N–H and O–H groups in total. The molecule has 0 saturated heterocycles. The van der Waals surface area contributed by atoms with E-state index < -0.39 is 0 Å². The van der Waals surface area contributed by atoms with Crippen LogP contribution in [0.15, 0.2) is 54.1 Å². The SMILES string of the molecule is CC(C)C1C=CC2=C(CCc3c2ccc2ccccc32)C1. The van der Waals surface area contributed by atoms with Gasteiger partial charge in [0.1, 0.15) is 0 Å². The van der Waals surface area contributed by atoms with Crippen molar-refractivity contribution in [2.45, 2.75) is 33.1 Å². The minimum absolute atomic E-state index is 0.728. The normalized spacial score (nSPS) is 20.8. The molecule has 1 atom stereocenters. The van der Waals surface area contributed by atoms with Crippen LogP contribution in [0.4, 0.5) is 0 Å². The largest absolute Gasteiger partial charge is 0.0802 e. The van der Waals surface area contributed by atoms with Crippen molar-refractivity contribution in [3.63, 3.8) is 0 Å². The molecule has 0 spiro atoms. The van der Waals surface area contributed by atoms with Crippen molar-refractivity contribution in [1.29, 1.82) is 0 Å². The van der Waals surface area contributed by atoms with Gasteiger partial charge in [-0.1, -0.05) is 68.0 Å². The van der Waals surface area contributed by atoms with Crippen LogP contribution in [0.1, 0.15) is 37.8 Å². The zero-order valence-electron chi connectivity index (χ0n) is 12.9. The van der Waals surface area contributed by atoms with Crippen LogP contribution < -0.4 is 0 Å². The molecule has 0 heteroatoms. The molecule has 2 aromatic rings. The van der Waals surface area contributed by atoms with Gasteiger partial charge in [-0.25, -0.2) is 0 Å². The van der Waals surface area contributed by atoms with Gasteiger partial charge in [0.2, 0.25) is 0 Å². The molecule has 2 aliphatic carbocycles. The number of hydrogen-bond donors (Lipinski definition) is 0. The lowest BCUT2D eigenvalue weighted by Crippen LogP contribution is -2.15. The zero-order chi connectivity index (χ0) is 14.4. The van der Waals surface area contributed by atoms with Gasteiger partial charge < -0.3 is 0 Å². The molecule has 0 aliphatic heterocycles. The molecule has 4 rings (SSSR count). The minimum Gasteiger partial charge on any atom is -0.0802 e. The molecule has 0 fully saturated rings. The quantitative estimate of drug-likeness (QED) is 0.619. The smallest absolute Gasteiger partial charge is 0.0146 e. The zero-order valence-corrected chi connectivity index (χ0v) is 12.9. The van der Waals surface area contributed by atoms with Crippen molar-refractivity contribution in [2.75, 3.05) is 0 Å². The Balaban J connectivity index is 1.84. The van der Waals surface area contributed by atoms with Gasteiger partial charge in [-0.15, -0.1) is 0 Å². The van der Waals surface area contributed by atoms with Crippen molar-refractivity contribution < 1.29 is 0 Å². The Kier molecular flexibility index (Phi) is 2.99. The van der Waals surface area contributed by atoms with Crippen molar-refractivity contribution in [3.8, 4) is 0 Å². The fraction of sp³-hybridized carbons (Fsp3) is 0.333. The second kappa shape index (κ2) is 4.87. The Bertz CT molecular complexity index is 759. The summed E-state index contributed by atoms with van der Waals surface area (Å²) in [5.41, 5.74) is 6.23. The topological polar surface area (TPSA) is 0 Å². The molecule has 2 aromatic carbocycles. The summed E-state index contributed by atoms with van der Waals surface area (Å²) in [4.78, 5) is 0. The first-order chi connectivity index (χ1) is 10.2. The molecule has 0 aromatic heterocycles. The van der Waals surface area contributed by atoms with E-state index in [2.05, 4.69) is 62.4 Å². The Morgan fingerprint density at radius 3 is 2.71 bits per heavy atom. The number of benzene rings is 2. The van der Waals surface area contributed by atoms with E-state index in [1.54, 1.807) is 11.1 Å². The lowest BCUT2D eigenvalue weighted by Gasteiger charge is -2.30. The number of fused-ring (bicyclic) bond motifs is 4. The van der Waals surface area contributed by atoms with Crippen LogP contribution in [0, 0.1) is 11.8 Å². The molecule has 0 amide bonds. The lowest BCUT2D eigenvalue weighted by molar-refractivity contribution is 0.453. The molecule has 106 valence electrons. The molecule has 0 heterocycles. The van der Waals surface area contributed by atoms with Gasteiger partial charge >= 0.3 is 0 Å². The highest BCUT2D eigenvalue weighted by Gasteiger charge is 2.24. The van der Waals surface area contributed by atoms with Crippen LogP contribution in [-0.2, 0) is 6.42 Å². The summed E-state index contributed by atoms with van der Waals surface area (Å²) in [6.07, 6.45) is 8.54. The maximum absolute atomic E-state index is 2.44. The van der Waals surface area contributed by atoms with Crippen molar-refractivity contribution in [2.24, 2.45) is 11.8 Å². The van der Waals surface area contributed by atoms with Crippen molar-refractivity contribution in [1.82, 2.24) is 0 Å². The summed E-state index contributed by atoms with van der Waals surface area (Å²) in [7, 11) is 0. The van der Waals surface area contributed by atoms with Crippen LogP contribution in [0.25, 0.3) is 16.3 Å². The van der Waals surface area contributed by atoms with Crippen LogP contribution in [0.5, 0.6) is 0 Å². The molecule has 2 aliphatic rings. The van der Waals surface area contributed by atoms with E-state index in [0.29, 0.717) is 0 Å². The third kappa shape index (κ3) is 2.05. The number of aryl methyl sites for hydroxylation is 1. The van der Waals surface area contributed by atoms with E-state index in [4.69, 9.17) is 0 Å². The summed E-state index contributed by atoms with van der Waals surface area (Å²) >= 11 is 0. The number of rotatable bonds is 1. The second-order valence-electron chi connectivity index (χ2n) is 6.80. The first-order valence-corrected chi connectivity index (χ1v) is 8.15. The summed E-state index contributed by atoms with van der Waals surface area (Å²) in [5.74, 6) is 1.47. The Labute approximate surface area is 127 Å². The van der Waals surface area contributed by atoms with Gasteiger partial charge in [0.15, 0.2) is 0 Å². The molecular formula is C21H22. The molecule has 0 radical (unpaired) electrons. The summed E-state index contributed by atoms with van der Waals surface area (Å²) in [6, 6.07) is 13.4. The average Bonchev–Trinajstić information content (AvgIpc) is 2.53. The van der Waals surface area contributed by atoms with Gasteiger partial charge in [-0.05, 0) is 58.6 Å². The second-order valence-corrected chi connectivity index (χ2v) is 6.80. The number of hydrogen-bond acceptors (Lipinski definition) is 0. The molecule has 21 heavy (non-hydrogen) atoms. The summed E-state index contributed by atoms with van der Waals surface area (Å²) in [6.45, 7) is 4.68. The van der Waals surface area contributed by atoms with Crippen LogP contribution in [0.3, 0.4) is 0 Å². The van der Waals surface area contributed by atoms with E-state index in [-0.39, 0.29) is 0 Å². The highest BCUT2D eigenvalue weighted by Crippen LogP contribution is 2.42. The first-order valence-electron chi connectivity index (χ1n) is 8.15. The minimum atomic E-state index is 0.728. The van der Waals surface area contributed by atoms with Gasteiger partial charge in [0, 0.05) is 0 Å². The highest BCUT2D eigenvalue weighted by molar-refractivity contribution is 5.93. The molecule has 0 saturated carbocycles. The monoisotopic (exact) mass is 274 g/mol. The lowest BCUT2D eigenvalue weighted by atomic mass is 9.75. The summed E-state index contributed by atoms with van der Waals surface area (Å²) < 4.78 is 0. The molecular weight excluding hydrogens is 252 g/mol. The van der Waals surface area contributed by atoms with Gasteiger partial charge in [0.25, 0.3) is 0 Å². The summed E-state index contributed by atoms with van der Waals surface area (Å²) in [5, 5.41) is 2.82. The van der Waals surface area contributed by atoms with E-state index in [9.17, 15) is 0 Å². The standard InChI is InChI=1S/C21H22/c1-14(2)16-8-10-19-17(13-16)9-12-20-18-6-4-3-5-15(18)7-11-21(19)20/h3-8,10-11,14,16H,9,12-13H2,1-2H3. The fourth-order valence-corrected chi connectivity index (χ4v) is 3.91. The third-order valence-corrected chi connectivity index (χ3v) is 5.24. The van der Waals surface area contributed by atoms with Crippen molar-refractivity contribution >= 4 is 16.3 Å². The predicted molar refractivity (Wildman–Crippen MR) is 91.3 cm³/mol. The maximum Gasteiger partial charge on any atom is -0.0146 e. The van der Waals surface area contributed by atoms with Crippen molar-refractivity contribution in [3.05, 3.63) is 65.3 Å². The number of allylic oxidation sites excluding steroid dienone is 4. The Hall–Kier alpha value is -1.82. The third-order valence-electron chi connectivity index (χ3n) is 5.24. The average molecular weight is 274 g/mol. The molecule has 0 bridgehead atoms. The Morgan fingerprint density at radius 2 is 1.86 bits per heavy atom. The van der Waals surface area contributed by atoms with E-state index in [1.165, 1.54) is 41.2 Å². The molecule has 1 unspecified atom stereocenters.